The molecule has 2 atom stereocenters. The van der Waals surface area contributed by atoms with Gasteiger partial charge in [0.2, 0.25) is 0 Å². The van der Waals surface area contributed by atoms with E-state index in [1.807, 2.05) is 50.2 Å². The third kappa shape index (κ3) is 9.08. The number of benzene rings is 3. The van der Waals surface area contributed by atoms with Gasteiger partial charge in [0.1, 0.15) is 23.3 Å². The average Bonchev–Trinajstić information content (AvgIpc) is 3.55. The zero-order valence-electron chi connectivity index (χ0n) is 29.8. The maximum absolute atomic E-state index is 15.7. The van der Waals surface area contributed by atoms with Crippen molar-refractivity contribution in [1.82, 2.24) is 15.2 Å². The minimum absolute atomic E-state index is 0.106. The number of aliphatic carboxylic acids is 1. The van der Waals surface area contributed by atoms with Crippen molar-refractivity contribution in [2.75, 3.05) is 39.2 Å². The topological polar surface area (TPSA) is 153 Å². The molecule has 11 nitrogen and oxygen atoms in total. The van der Waals surface area contributed by atoms with Crippen LogP contribution in [0.15, 0.2) is 66.9 Å². The maximum atomic E-state index is 15.7. The Morgan fingerprint density at radius 1 is 1.04 bits per heavy atom. The van der Waals surface area contributed by atoms with Crippen LogP contribution in [0.2, 0.25) is 0 Å². The summed E-state index contributed by atoms with van der Waals surface area (Å²) in [5.74, 6) is -1.65. The molecule has 4 aromatic rings. The lowest BCUT2D eigenvalue weighted by Gasteiger charge is -2.18. The molecular weight excluding hydrogens is 667 g/mol. The molecular formula is C40H45FN4O7. The highest BCUT2D eigenvalue weighted by molar-refractivity contribution is 6.04. The minimum atomic E-state index is -1.18. The van der Waals surface area contributed by atoms with E-state index < -0.39 is 24.4 Å². The number of nitrogens with zero attached hydrogens (tertiary/aromatic N) is 2. The largest absolute Gasteiger partial charge is 0.496 e. The Kier molecular flexibility index (Phi) is 12.9. The molecule has 1 aliphatic rings. The highest BCUT2D eigenvalue weighted by Gasteiger charge is 2.22. The number of β-amino-alcohol motifs (C(OH)–C–C–N with tert-alkyl or cyclic N) is 1. The number of anilines is 1. The van der Waals surface area contributed by atoms with Gasteiger partial charge in [0, 0.05) is 56.3 Å². The summed E-state index contributed by atoms with van der Waals surface area (Å²) in [5.41, 5.74) is 7.69. The number of amides is 1. The van der Waals surface area contributed by atoms with Crippen molar-refractivity contribution in [1.29, 1.82) is 0 Å². The molecule has 2 heterocycles. The van der Waals surface area contributed by atoms with Crippen LogP contribution in [-0.2, 0) is 29.2 Å². The van der Waals surface area contributed by atoms with Crippen LogP contribution >= 0.6 is 0 Å². The average molecular weight is 713 g/mol. The zero-order chi connectivity index (χ0) is 37.4. The van der Waals surface area contributed by atoms with Gasteiger partial charge in [0.25, 0.3) is 5.91 Å². The van der Waals surface area contributed by atoms with E-state index in [-0.39, 0.29) is 29.8 Å². The van der Waals surface area contributed by atoms with E-state index in [2.05, 4.69) is 20.5 Å². The molecule has 1 saturated heterocycles. The summed E-state index contributed by atoms with van der Waals surface area (Å²) >= 11 is 0. The predicted octanol–water partition coefficient (Wildman–Crippen LogP) is 5.34. The van der Waals surface area contributed by atoms with Crippen molar-refractivity contribution >= 4 is 29.5 Å². The van der Waals surface area contributed by atoms with Gasteiger partial charge in [-0.3, -0.25) is 24.8 Å². The number of aliphatic hydroxyl groups is 2. The summed E-state index contributed by atoms with van der Waals surface area (Å²) in [4.78, 5) is 31.3. The van der Waals surface area contributed by atoms with Crippen molar-refractivity contribution in [2.45, 2.75) is 52.1 Å². The summed E-state index contributed by atoms with van der Waals surface area (Å²) in [5, 5.41) is 34.2. The fraction of sp³-hybridized carbons (Fsp3) is 0.325. The first-order valence-electron chi connectivity index (χ1n) is 17.0. The number of aromatic nitrogens is 1. The third-order valence-electron chi connectivity index (χ3n) is 9.37. The smallest absolute Gasteiger partial charge is 0.323 e. The summed E-state index contributed by atoms with van der Waals surface area (Å²) in [6.45, 7) is 5.72. The monoisotopic (exact) mass is 712 g/mol. The van der Waals surface area contributed by atoms with Gasteiger partial charge in [-0.15, -0.1) is 0 Å². The molecule has 1 fully saturated rings. The van der Waals surface area contributed by atoms with Crippen molar-refractivity contribution in [2.24, 2.45) is 0 Å². The van der Waals surface area contributed by atoms with Crippen molar-refractivity contribution in [3.63, 3.8) is 0 Å². The maximum Gasteiger partial charge on any atom is 0.323 e. The Morgan fingerprint density at radius 2 is 1.79 bits per heavy atom. The molecule has 52 heavy (non-hydrogen) atoms. The van der Waals surface area contributed by atoms with Crippen LogP contribution in [0.5, 0.6) is 5.75 Å². The van der Waals surface area contributed by atoms with Crippen LogP contribution in [0.25, 0.3) is 23.0 Å². The molecule has 5 N–H and O–H groups in total. The van der Waals surface area contributed by atoms with Gasteiger partial charge in [-0.1, -0.05) is 42.5 Å². The molecule has 0 radical (unpaired) electrons. The molecule has 0 spiro atoms. The number of halogens is 1. The highest BCUT2D eigenvalue weighted by Crippen LogP contribution is 2.34. The van der Waals surface area contributed by atoms with Gasteiger partial charge >= 0.3 is 5.97 Å². The predicted molar refractivity (Wildman–Crippen MR) is 197 cm³/mol. The number of aliphatic hydroxyl groups excluding tert-OH is 2. The van der Waals surface area contributed by atoms with Crippen LogP contribution in [0.4, 0.5) is 10.1 Å². The van der Waals surface area contributed by atoms with E-state index in [0.29, 0.717) is 42.3 Å². The van der Waals surface area contributed by atoms with Crippen molar-refractivity contribution in [3.8, 4) is 16.9 Å². The number of rotatable bonds is 15. The number of carbonyl (C=O) groups is 2. The van der Waals surface area contributed by atoms with Gasteiger partial charge in [-0.2, -0.15) is 0 Å². The second-order valence-electron chi connectivity index (χ2n) is 12.9. The fourth-order valence-electron chi connectivity index (χ4n) is 6.35. The van der Waals surface area contributed by atoms with Crippen LogP contribution in [-0.4, -0.2) is 83.1 Å². The van der Waals surface area contributed by atoms with E-state index >= 15 is 4.39 Å². The standard InChI is InChI=1S/C40H45FN4O7/c1-24-26(15-34(41)27-11-12-28(38(17-27)52-4)18-43-37(22-46)40(49)50)7-5-8-32(24)33-9-6-10-35(25(33)2)44-39(48)36-16-29(23-51-3)30(19-42-36)20-45-14-13-31(47)21-45/h5-12,15-17,19,31,37,43,46-47H,13-14,18,20-23H2,1-4H3,(H,44,48)(H,49,50)/b34-15-/t31-,37?/m0/s1. The number of ether oxygens (including phenoxy) is 2. The minimum Gasteiger partial charge on any atom is -0.496 e. The number of hydrogen-bond acceptors (Lipinski definition) is 9. The van der Waals surface area contributed by atoms with E-state index in [1.165, 1.54) is 13.2 Å². The molecule has 274 valence electrons. The van der Waals surface area contributed by atoms with Gasteiger partial charge in [0.15, 0.2) is 0 Å². The molecule has 0 bridgehead atoms. The Bertz CT molecular complexity index is 1950. The van der Waals surface area contributed by atoms with E-state index in [9.17, 15) is 24.9 Å². The quantitative estimate of drug-likeness (QED) is 0.102. The second-order valence-corrected chi connectivity index (χ2v) is 12.9. The SMILES string of the molecule is COCc1cc(C(=O)Nc2cccc(-c3cccc(/C=C(\F)c4ccc(CNC(CO)C(=O)O)c(OC)c4)c3C)c2C)ncc1CN1CC[C@H](O)C1. The first-order chi connectivity index (χ1) is 25.0. The molecule has 12 heteroatoms. The summed E-state index contributed by atoms with van der Waals surface area (Å²) in [7, 11) is 3.06. The Labute approximate surface area is 302 Å². The molecule has 0 saturated carbocycles. The molecule has 0 aliphatic carbocycles. The van der Waals surface area contributed by atoms with E-state index in [1.54, 1.807) is 37.6 Å². The molecule has 1 amide bonds. The van der Waals surface area contributed by atoms with Crippen LogP contribution in [0, 0.1) is 13.8 Å². The first-order valence-corrected chi connectivity index (χ1v) is 17.0. The zero-order valence-corrected chi connectivity index (χ0v) is 29.8. The fourth-order valence-corrected chi connectivity index (χ4v) is 6.35. The van der Waals surface area contributed by atoms with Crippen LogP contribution in [0.1, 0.15) is 55.9 Å². The molecule has 1 aliphatic heterocycles. The second kappa shape index (κ2) is 17.5. The number of carboxylic acid groups (broad SMARTS) is 1. The van der Waals surface area contributed by atoms with Gasteiger partial charge in [0.05, 0.1) is 26.4 Å². The lowest BCUT2D eigenvalue weighted by molar-refractivity contribution is -0.140. The molecule has 1 aromatic heterocycles. The summed E-state index contributed by atoms with van der Waals surface area (Å²) < 4.78 is 26.6. The Morgan fingerprint density at radius 3 is 2.46 bits per heavy atom. The number of hydrogen-bond donors (Lipinski definition) is 5. The van der Waals surface area contributed by atoms with Crippen molar-refractivity contribution < 1.29 is 38.8 Å². The number of pyridine rings is 1. The number of likely N-dealkylation sites (tertiary alicyclic amines) is 1. The van der Waals surface area contributed by atoms with E-state index in [4.69, 9.17) is 9.47 Å². The third-order valence-corrected chi connectivity index (χ3v) is 9.37. The Balaban J connectivity index is 1.35. The number of carbonyl (C=O) groups excluding carboxylic acids is 1. The van der Waals surface area contributed by atoms with E-state index in [0.717, 1.165) is 46.3 Å². The molecule has 3 aromatic carbocycles. The highest BCUT2D eigenvalue weighted by atomic mass is 19.1. The van der Waals surface area contributed by atoms with Crippen molar-refractivity contribution in [3.05, 3.63) is 111 Å². The summed E-state index contributed by atoms with van der Waals surface area (Å²) in [6, 6.07) is 16.7. The normalized spacial score (nSPS) is 15.4. The van der Waals surface area contributed by atoms with Gasteiger partial charge in [-0.05, 0) is 83.5 Å². The number of methoxy groups -OCH3 is 2. The number of nitrogens with one attached hydrogen (secondary N) is 2. The first kappa shape index (κ1) is 38.3. The lowest BCUT2D eigenvalue weighted by Crippen LogP contribution is -2.39. The molecule has 5 rings (SSSR count). The van der Waals surface area contributed by atoms with Crippen LogP contribution < -0.4 is 15.4 Å². The van der Waals surface area contributed by atoms with Gasteiger partial charge < -0.3 is 30.1 Å². The van der Waals surface area contributed by atoms with Crippen LogP contribution in [0.3, 0.4) is 0 Å². The molecule has 1 unspecified atom stereocenters. The van der Waals surface area contributed by atoms with Gasteiger partial charge in [-0.25, -0.2) is 4.39 Å². The summed E-state index contributed by atoms with van der Waals surface area (Å²) in [6.07, 6.45) is 3.57. The lowest BCUT2D eigenvalue weighted by atomic mass is 9.92. The number of carboxylic acids is 1. The Hall–Kier alpha value is -4.98.